The van der Waals surface area contributed by atoms with Gasteiger partial charge in [-0.1, -0.05) is 53.9 Å². The van der Waals surface area contributed by atoms with Crippen LogP contribution in [0.2, 0.25) is 0 Å². The van der Waals surface area contributed by atoms with E-state index in [-0.39, 0.29) is 23.9 Å². The van der Waals surface area contributed by atoms with Crippen LogP contribution in [0.3, 0.4) is 0 Å². The van der Waals surface area contributed by atoms with Gasteiger partial charge in [-0.15, -0.1) is 0 Å². The molecule has 3 heteroatoms. The van der Waals surface area contributed by atoms with Crippen molar-refractivity contribution in [3.8, 4) is 0 Å². The number of hydrogen-bond acceptors (Lipinski definition) is 3. The highest BCUT2D eigenvalue weighted by Gasteiger charge is 2.41. The zero-order valence-corrected chi connectivity index (χ0v) is 15.1. The first-order valence-corrected chi connectivity index (χ1v) is 7.82. The van der Waals surface area contributed by atoms with Gasteiger partial charge in [0.05, 0.1) is 5.41 Å². The standard InChI is InChI=1S/C19H32O3/c1-9-11-16(10-2)21-12-13-22-17(20)19(8,15(3)4)14-18(5,6)7/h9-11,15H,1-2,12-14H2,3-8H3/b16-11+. The molecule has 0 amide bonds. The molecule has 0 aliphatic rings. The first kappa shape index (κ1) is 20.5. The molecule has 22 heavy (non-hydrogen) atoms. The highest BCUT2D eigenvalue weighted by molar-refractivity contribution is 5.76. The Bertz CT molecular complexity index is 413. The summed E-state index contributed by atoms with van der Waals surface area (Å²) in [7, 11) is 0. The monoisotopic (exact) mass is 308 g/mol. The van der Waals surface area contributed by atoms with E-state index in [1.165, 1.54) is 0 Å². The predicted molar refractivity (Wildman–Crippen MR) is 92.4 cm³/mol. The van der Waals surface area contributed by atoms with Crippen LogP contribution < -0.4 is 0 Å². The molecule has 0 saturated carbocycles. The van der Waals surface area contributed by atoms with E-state index in [0.717, 1.165) is 6.42 Å². The molecule has 1 atom stereocenters. The van der Waals surface area contributed by atoms with Crippen LogP contribution in [0, 0.1) is 16.7 Å². The molecular formula is C19H32O3. The topological polar surface area (TPSA) is 35.5 Å². The zero-order chi connectivity index (χ0) is 17.4. The third-order valence-electron chi connectivity index (χ3n) is 3.71. The van der Waals surface area contributed by atoms with Crippen molar-refractivity contribution in [1.29, 1.82) is 0 Å². The van der Waals surface area contributed by atoms with Crippen molar-refractivity contribution in [1.82, 2.24) is 0 Å². The van der Waals surface area contributed by atoms with Crippen molar-refractivity contribution in [2.75, 3.05) is 13.2 Å². The molecule has 0 saturated heterocycles. The van der Waals surface area contributed by atoms with Crippen LogP contribution in [0.25, 0.3) is 0 Å². The van der Waals surface area contributed by atoms with Crippen LogP contribution in [-0.4, -0.2) is 19.2 Å². The molecular weight excluding hydrogens is 276 g/mol. The maximum atomic E-state index is 12.5. The van der Waals surface area contributed by atoms with Crippen LogP contribution in [0.15, 0.2) is 37.1 Å². The van der Waals surface area contributed by atoms with Crippen LogP contribution in [0.5, 0.6) is 0 Å². The fourth-order valence-electron chi connectivity index (χ4n) is 2.36. The largest absolute Gasteiger partial charge is 0.490 e. The molecule has 1 unspecified atom stereocenters. The predicted octanol–water partition coefficient (Wildman–Crippen LogP) is 4.90. The van der Waals surface area contributed by atoms with Crippen molar-refractivity contribution in [3.63, 3.8) is 0 Å². The van der Waals surface area contributed by atoms with Gasteiger partial charge in [0, 0.05) is 0 Å². The first-order valence-electron chi connectivity index (χ1n) is 7.82. The average molecular weight is 308 g/mol. The van der Waals surface area contributed by atoms with Gasteiger partial charge >= 0.3 is 5.97 Å². The van der Waals surface area contributed by atoms with Gasteiger partial charge in [0.1, 0.15) is 19.0 Å². The molecule has 0 fully saturated rings. The second-order valence-electron chi connectivity index (χ2n) is 7.30. The first-order chi connectivity index (χ1) is 10.1. The van der Waals surface area contributed by atoms with E-state index in [9.17, 15) is 4.79 Å². The number of ether oxygens (including phenoxy) is 2. The van der Waals surface area contributed by atoms with Crippen molar-refractivity contribution < 1.29 is 14.3 Å². The summed E-state index contributed by atoms with van der Waals surface area (Å²) in [5.74, 6) is 0.672. The van der Waals surface area contributed by atoms with Crippen LogP contribution in [0.1, 0.15) is 48.0 Å². The molecule has 0 aromatic heterocycles. The van der Waals surface area contributed by atoms with E-state index < -0.39 is 5.41 Å². The molecule has 0 spiro atoms. The highest BCUT2D eigenvalue weighted by Crippen LogP contribution is 2.40. The summed E-state index contributed by atoms with van der Waals surface area (Å²) in [6.45, 7) is 20.3. The van der Waals surface area contributed by atoms with E-state index in [2.05, 4.69) is 47.8 Å². The van der Waals surface area contributed by atoms with Gasteiger partial charge in [0.25, 0.3) is 0 Å². The normalized spacial score (nSPS) is 15.1. The Hall–Kier alpha value is -1.51. The Morgan fingerprint density at radius 1 is 1.09 bits per heavy atom. The summed E-state index contributed by atoms with van der Waals surface area (Å²) in [5, 5.41) is 0. The molecule has 126 valence electrons. The lowest BCUT2D eigenvalue weighted by atomic mass is 9.69. The van der Waals surface area contributed by atoms with E-state index in [1.54, 1.807) is 18.2 Å². The summed E-state index contributed by atoms with van der Waals surface area (Å²) >= 11 is 0. The maximum absolute atomic E-state index is 12.5. The minimum atomic E-state index is -0.490. The lowest BCUT2D eigenvalue weighted by molar-refractivity contribution is -0.161. The third-order valence-corrected chi connectivity index (χ3v) is 3.71. The highest BCUT2D eigenvalue weighted by atomic mass is 16.6. The number of hydrogen-bond donors (Lipinski definition) is 0. The number of carbonyl (C=O) groups is 1. The van der Waals surface area contributed by atoms with E-state index in [4.69, 9.17) is 9.47 Å². The Balaban J connectivity index is 4.58. The molecule has 0 aromatic carbocycles. The molecule has 0 aromatic rings. The number of esters is 1. The van der Waals surface area contributed by atoms with Gasteiger partial charge in [0.2, 0.25) is 0 Å². The van der Waals surface area contributed by atoms with Gasteiger partial charge in [-0.3, -0.25) is 4.79 Å². The second kappa shape index (κ2) is 8.82. The summed E-state index contributed by atoms with van der Waals surface area (Å²) in [6.07, 6.45) is 5.72. The number of carbonyl (C=O) groups excluding carboxylic acids is 1. The molecule has 0 heterocycles. The van der Waals surface area contributed by atoms with Gasteiger partial charge in [0.15, 0.2) is 0 Å². The van der Waals surface area contributed by atoms with Crippen molar-refractivity contribution in [3.05, 3.63) is 37.1 Å². The molecule has 0 rings (SSSR count). The fourth-order valence-corrected chi connectivity index (χ4v) is 2.36. The fraction of sp³-hybridized carbons (Fsp3) is 0.632. The Kier molecular flexibility index (Phi) is 8.21. The Labute approximate surface area is 136 Å². The number of allylic oxidation sites excluding steroid dienone is 3. The second-order valence-corrected chi connectivity index (χ2v) is 7.30. The van der Waals surface area contributed by atoms with E-state index in [1.807, 2.05) is 6.92 Å². The maximum Gasteiger partial charge on any atom is 0.312 e. The molecule has 0 aliphatic heterocycles. The summed E-state index contributed by atoms with van der Waals surface area (Å²) in [5.41, 5.74) is -0.423. The van der Waals surface area contributed by atoms with Gasteiger partial charge in [-0.2, -0.15) is 0 Å². The molecule has 0 radical (unpaired) electrons. The van der Waals surface area contributed by atoms with Gasteiger partial charge < -0.3 is 9.47 Å². The lowest BCUT2D eigenvalue weighted by Gasteiger charge is -2.36. The van der Waals surface area contributed by atoms with Crippen molar-refractivity contribution in [2.45, 2.75) is 48.0 Å². The van der Waals surface area contributed by atoms with Crippen LogP contribution in [0.4, 0.5) is 0 Å². The molecule has 0 bridgehead atoms. The summed E-state index contributed by atoms with van der Waals surface area (Å²) in [6, 6.07) is 0. The van der Waals surface area contributed by atoms with Crippen LogP contribution in [-0.2, 0) is 14.3 Å². The lowest BCUT2D eigenvalue weighted by Crippen LogP contribution is -2.39. The summed E-state index contributed by atoms with van der Waals surface area (Å²) < 4.78 is 10.9. The minimum Gasteiger partial charge on any atom is -0.490 e. The quantitative estimate of drug-likeness (QED) is 0.263. The average Bonchev–Trinajstić information content (AvgIpc) is 2.39. The van der Waals surface area contributed by atoms with Crippen molar-refractivity contribution in [2.24, 2.45) is 16.7 Å². The summed E-state index contributed by atoms with van der Waals surface area (Å²) in [4.78, 5) is 12.5. The van der Waals surface area contributed by atoms with Gasteiger partial charge in [-0.05, 0) is 36.8 Å². The number of rotatable bonds is 9. The molecule has 3 nitrogen and oxygen atoms in total. The Morgan fingerprint density at radius 3 is 2.05 bits per heavy atom. The molecule has 0 aliphatic carbocycles. The van der Waals surface area contributed by atoms with E-state index >= 15 is 0 Å². The third kappa shape index (κ3) is 6.97. The van der Waals surface area contributed by atoms with Crippen LogP contribution >= 0.6 is 0 Å². The SMILES string of the molecule is C=C/C=C(\C=C)OCCOC(=O)C(C)(CC(C)(C)C)C(C)C. The zero-order valence-electron chi connectivity index (χ0n) is 15.1. The van der Waals surface area contributed by atoms with E-state index in [0.29, 0.717) is 12.4 Å². The smallest absolute Gasteiger partial charge is 0.312 e. The van der Waals surface area contributed by atoms with Crippen molar-refractivity contribution >= 4 is 5.97 Å². The molecule has 0 N–H and O–H groups in total. The minimum absolute atomic E-state index is 0.0667. The van der Waals surface area contributed by atoms with Gasteiger partial charge in [-0.25, -0.2) is 0 Å². The Morgan fingerprint density at radius 2 is 1.64 bits per heavy atom.